The van der Waals surface area contributed by atoms with E-state index in [0.717, 1.165) is 24.2 Å². The van der Waals surface area contributed by atoms with Crippen molar-refractivity contribution < 1.29 is 9.50 Å². The molecule has 0 heterocycles. The van der Waals surface area contributed by atoms with E-state index < -0.39 is 13.0 Å². The van der Waals surface area contributed by atoms with E-state index in [1.165, 1.54) is 11.1 Å². The van der Waals surface area contributed by atoms with Crippen molar-refractivity contribution in [3.8, 4) is 0 Å². The van der Waals surface area contributed by atoms with Crippen molar-refractivity contribution in [2.45, 2.75) is 40.0 Å². The zero-order chi connectivity index (χ0) is 20.2. The highest BCUT2D eigenvalue weighted by Gasteiger charge is 2.06. The summed E-state index contributed by atoms with van der Waals surface area (Å²) in [5, 5.41) is 17.2. The second-order valence-electron chi connectivity index (χ2n) is 6.60. The van der Waals surface area contributed by atoms with Gasteiger partial charge in [0.15, 0.2) is 0 Å². The third-order valence-corrected chi connectivity index (χ3v) is 3.73. The summed E-state index contributed by atoms with van der Waals surface area (Å²) in [4.78, 5) is 0. The quantitative estimate of drug-likeness (QED) is 0.176. The summed E-state index contributed by atoms with van der Waals surface area (Å²) in [5.41, 5.74) is 8.67. The molecule has 7 N–H and O–H groups in total. The van der Waals surface area contributed by atoms with Crippen LogP contribution in [0.5, 0.6) is 0 Å². The molecule has 1 aromatic carbocycles. The summed E-state index contributed by atoms with van der Waals surface area (Å²) in [7, 11) is 0. The van der Waals surface area contributed by atoms with Gasteiger partial charge in [-0.1, -0.05) is 19.9 Å². The second kappa shape index (κ2) is 12.0. The molecular formula is C20H32FN5O. The molecule has 1 rings (SSSR count). The van der Waals surface area contributed by atoms with Crippen LogP contribution in [0.3, 0.4) is 0 Å². The number of rotatable bonds is 11. The number of aliphatic hydroxyl groups is 1. The van der Waals surface area contributed by atoms with Crippen LogP contribution in [-0.4, -0.2) is 18.1 Å². The first kappa shape index (κ1) is 22.5. The molecule has 0 spiro atoms. The molecule has 0 amide bonds. The van der Waals surface area contributed by atoms with Gasteiger partial charge >= 0.3 is 0 Å². The van der Waals surface area contributed by atoms with Gasteiger partial charge in [-0.25, -0.2) is 10.2 Å². The summed E-state index contributed by atoms with van der Waals surface area (Å²) in [6, 6.07) is 7.19. The molecule has 6 nitrogen and oxygen atoms in total. The lowest BCUT2D eigenvalue weighted by molar-refractivity contribution is 0.179. The van der Waals surface area contributed by atoms with E-state index >= 15 is 0 Å². The maximum Gasteiger partial charge on any atom is 0.202 e. The van der Waals surface area contributed by atoms with Gasteiger partial charge in [0.1, 0.15) is 6.67 Å². The van der Waals surface area contributed by atoms with Crippen molar-refractivity contribution in [1.82, 2.24) is 5.32 Å². The number of hydrazine groups is 1. The fourth-order valence-corrected chi connectivity index (χ4v) is 2.29. The van der Waals surface area contributed by atoms with Crippen molar-refractivity contribution in [1.29, 1.82) is 0 Å². The van der Waals surface area contributed by atoms with Gasteiger partial charge in [0.25, 0.3) is 0 Å². The average molecular weight is 378 g/mol. The van der Waals surface area contributed by atoms with E-state index in [1.807, 2.05) is 19.1 Å². The number of halogens is 1. The third kappa shape index (κ3) is 9.12. The topological polar surface area (TPSA) is 99.6 Å². The van der Waals surface area contributed by atoms with Gasteiger partial charge in [0, 0.05) is 23.3 Å². The fraction of sp³-hybridized carbons (Fsp3) is 0.400. The van der Waals surface area contributed by atoms with Crippen molar-refractivity contribution >= 4 is 11.4 Å². The maximum absolute atomic E-state index is 12.5. The van der Waals surface area contributed by atoms with Gasteiger partial charge in [-0.05, 0) is 62.1 Å². The van der Waals surface area contributed by atoms with Crippen LogP contribution in [0.4, 0.5) is 15.8 Å². The number of nitrogens with zero attached hydrogens (tertiary/aromatic N) is 1. The minimum absolute atomic E-state index is 0.492. The number of aliphatic hydroxyl groups excluding tert-OH is 1. The summed E-state index contributed by atoms with van der Waals surface area (Å²) in [6.07, 6.45) is 7.23. The van der Waals surface area contributed by atoms with E-state index in [-0.39, 0.29) is 0 Å². The van der Waals surface area contributed by atoms with Gasteiger partial charge in [0.2, 0.25) is 6.35 Å². The Bertz CT molecular complexity index is 640. The smallest absolute Gasteiger partial charge is 0.202 e. The average Bonchev–Trinajstić information content (AvgIpc) is 2.61. The van der Waals surface area contributed by atoms with Crippen LogP contribution < -0.4 is 27.2 Å². The zero-order valence-electron chi connectivity index (χ0n) is 16.3. The molecule has 0 aliphatic rings. The molecule has 27 heavy (non-hydrogen) atoms. The maximum atomic E-state index is 12.5. The first-order valence-electron chi connectivity index (χ1n) is 9.05. The first-order chi connectivity index (χ1) is 12.8. The summed E-state index contributed by atoms with van der Waals surface area (Å²) >= 11 is 0. The first-order valence-corrected chi connectivity index (χ1v) is 9.05. The standard InChI is InChI=1S/C20H32FN5O/c1-4-5-17(12-13-21)24-20(27)25-18-8-10-19(11-9-18)26(23)14-16(22)7-6-15(2)3/h4-5,8-12,14-15,20,24-25,27H,6-7,13,22-23H2,1-3H3/b5-4-,16-14-,17-12+. The third-order valence-electron chi connectivity index (χ3n) is 3.73. The lowest BCUT2D eigenvalue weighted by Crippen LogP contribution is -2.35. The zero-order valence-corrected chi connectivity index (χ0v) is 16.3. The number of hydrogen-bond donors (Lipinski definition) is 5. The largest absolute Gasteiger partial charge is 0.401 e. The number of allylic oxidation sites excluding steroid dienone is 4. The molecule has 1 unspecified atom stereocenters. The fourth-order valence-electron chi connectivity index (χ4n) is 2.29. The molecule has 0 aliphatic heterocycles. The van der Waals surface area contributed by atoms with Crippen LogP contribution >= 0.6 is 0 Å². The van der Waals surface area contributed by atoms with Crippen molar-refractivity contribution in [3.63, 3.8) is 0 Å². The van der Waals surface area contributed by atoms with Crippen LogP contribution in [0.1, 0.15) is 33.6 Å². The predicted molar refractivity (Wildman–Crippen MR) is 111 cm³/mol. The van der Waals surface area contributed by atoms with Crippen LogP contribution in [0.2, 0.25) is 0 Å². The number of nitrogens with one attached hydrogen (secondary N) is 2. The molecule has 0 saturated carbocycles. The predicted octanol–water partition coefficient (Wildman–Crippen LogP) is 3.31. The number of nitrogens with two attached hydrogens (primary N) is 2. The van der Waals surface area contributed by atoms with Crippen LogP contribution in [-0.2, 0) is 0 Å². The molecule has 0 saturated heterocycles. The molecule has 150 valence electrons. The molecule has 0 radical (unpaired) electrons. The molecule has 0 fully saturated rings. The highest BCUT2D eigenvalue weighted by Crippen LogP contribution is 2.17. The van der Waals surface area contributed by atoms with E-state index in [4.69, 9.17) is 11.6 Å². The number of benzene rings is 1. The Labute approximate surface area is 161 Å². The normalized spacial score (nSPS) is 13.9. The molecular weight excluding hydrogens is 345 g/mol. The van der Waals surface area contributed by atoms with Crippen LogP contribution in [0, 0.1) is 5.92 Å². The highest BCUT2D eigenvalue weighted by molar-refractivity contribution is 5.56. The van der Waals surface area contributed by atoms with E-state index in [1.54, 1.807) is 30.5 Å². The lowest BCUT2D eigenvalue weighted by atomic mass is 10.1. The Morgan fingerprint density at radius 1 is 1.30 bits per heavy atom. The van der Waals surface area contributed by atoms with Gasteiger partial charge in [-0.3, -0.25) is 5.01 Å². The molecule has 7 heteroatoms. The molecule has 0 aliphatic carbocycles. The summed E-state index contributed by atoms with van der Waals surface area (Å²) in [6.45, 7) is 5.50. The van der Waals surface area contributed by atoms with Crippen molar-refractivity contribution in [2.24, 2.45) is 17.5 Å². The Balaban J connectivity index is 2.65. The van der Waals surface area contributed by atoms with Gasteiger partial charge in [-0.2, -0.15) is 0 Å². The highest BCUT2D eigenvalue weighted by atomic mass is 19.1. The molecule has 0 bridgehead atoms. The Morgan fingerprint density at radius 2 is 1.96 bits per heavy atom. The Hall–Kier alpha value is -2.51. The van der Waals surface area contributed by atoms with Crippen LogP contribution in [0.15, 0.2) is 60.1 Å². The number of anilines is 2. The van der Waals surface area contributed by atoms with E-state index in [2.05, 4.69) is 24.5 Å². The summed E-state index contributed by atoms with van der Waals surface area (Å²) in [5.74, 6) is 6.62. The molecule has 1 atom stereocenters. The SMILES string of the molecule is C/C=C\C(=C/CF)NC(O)Nc1ccc(N(N)/C=C(\N)CCC(C)C)cc1. The summed E-state index contributed by atoms with van der Waals surface area (Å²) < 4.78 is 12.5. The minimum Gasteiger partial charge on any atom is -0.401 e. The van der Waals surface area contributed by atoms with Gasteiger partial charge in [-0.15, -0.1) is 0 Å². The molecule has 1 aromatic rings. The van der Waals surface area contributed by atoms with E-state index in [9.17, 15) is 9.50 Å². The van der Waals surface area contributed by atoms with Gasteiger partial charge in [0.05, 0.1) is 5.69 Å². The molecule has 0 aromatic heterocycles. The lowest BCUT2D eigenvalue weighted by Gasteiger charge is -2.19. The van der Waals surface area contributed by atoms with Crippen molar-refractivity contribution in [2.75, 3.05) is 17.0 Å². The monoisotopic (exact) mass is 377 g/mol. The van der Waals surface area contributed by atoms with E-state index in [0.29, 0.717) is 17.3 Å². The van der Waals surface area contributed by atoms with Crippen molar-refractivity contribution in [3.05, 3.63) is 60.1 Å². The minimum atomic E-state index is -1.06. The van der Waals surface area contributed by atoms with Gasteiger partial charge < -0.3 is 21.5 Å². The number of alkyl halides is 1. The second-order valence-corrected chi connectivity index (χ2v) is 6.60. The van der Waals surface area contributed by atoms with Crippen LogP contribution in [0.25, 0.3) is 0 Å². The Morgan fingerprint density at radius 3 is 2.52 bits per heavy atom. The number of hydrogen-bond acceptors (Lipinski definition) is 6. The Kier molecular flexibility index (Phi) is 10.00.